The van der Waals surface area contributed by atoms with Gasteiger partial charge in [-0.2, -0.15) is 0 Å². The minimum Gasteiger partial charge on any atom is -0.287 e. The van der Waals surface area contributed by atoms with E-state index in [-0.39, 0.29) is 11.0 Å². The number of hydrogen-bond donors (Lipinski definition) is 0. The van der Waals surface area contributed by atoms with Crippen LogP contribution in [0.1, 0.15) is 30.4 Å². The Kier molecular flexibility index (Phi) is 5.22. The molecule has 2 aromatic carbocycles. The molecule has 0 aromatic heterocycles. The third-order valence-electron chi connectivity index (χ3n) is 3.08. The lowest BCUT2D eigenvalue weighted by Gasteiger charge is -2.17. The molecule has 1 nitrogen and oxygen atoms in total. The van der Waals surface area contributed by atoms with Crippen LogP contribution in [-0.4, -0.2) is 10.9 Å². The molecule has 0 bridgehead atoms. The lowest BCUT2D eigenvalue weighted by Crippen LogP contribution is -2.06. The van der Waals surface area contributed by atoms with Gasteiger partial charge in [-0.15, -0.1) is 0 Å². The molecule has 0 aliphatic heterocycles. The van der Waals surface area contributed by atoms with E-state index in [9.17, 15) is 4.79 Å². The highest BCUT2D eigenvalue weighted by Crippen LogP contribution is 2.29. The summed E-state index contributed by atoms with van der Waals surface area (Å²) in [5, 5.41) is 0.264. The maximum Gasteiger partial charge on any atom is 0.189 e. The number of carbonyl (C=O) groups excluding carboxylic acids is 1. The Morgan fingerprint density at radius 2 is 1.42 bits per heavy atom. The van der Waals surface area contributed by atoms with Gasteiger partial charge in [-0.05, 0) is 16.9 Å². The standard InChI is InChI=1S/C17H18OS/c1-2-19-17(18)13-16(14-9-5-3-6-10-14)15-11-7-4-8-12-15/h3-12,16H,2,13H2,1H3. The highest BCUT2D eigenvalue weighted by Gasteiger charge is 2.17. The van der Waals surface area contributed by atoms with Crippen LogP contribution in [0.4, 0.5) is 0 Å². The zero-order valence-corrected chi connectivity index (χ0v) is 11.9. The summed E-state index contributed by atoms with van der Waals surface area (Å²) in [4.78, 5) is 12.0. The highest BCUT2D eigenvalue weighted by atomic mass is 32.2. The summed E-state index contributed by atoms with van der Waals surface area (Å²) < 4.78 is 0. The van der Waals surface area contributed by atoms with Gasteiger partial charge in [0.2, 0.25) is 0 Å². The fourth-order valence-corrected chi connectivity index (χ4v) is 2.79. The molecule has 19 heavy (non-hydrogen) atoms. The van der Waals surface area contributed by atoms with E-state index in [1.54, 1.807) is 0 Å². The largest absolute Gasteiger partial charge is 0.287 e. The van der Waals surface area contributed by atoms with Crippen LogP contribution in [0.5, 0.6) is 0 Å². The summed E-state index contributed by atoms with van der Waals surface area (Å²) >= 11 is 1.41. The molecule has 0 heterocycles. The first-order chi connectivity index (χ1) is 9.31. The van der Waals surface area contributed by atoms with Gasteiger partial charge in [0.15, 0.2) is 5.12 Å². The maximum absolute atomic E-state index is 12.0. The summed E-state index contributed by atoms with van der Waals surface area (Å²) in [5.74, 6) is 1.00. The lowest BCUT2D eigenvalue weighted by molar-refractivity contribution is -0.111. The Morgan fingerprint density at radius 1 is 0.947 bits per heavy atom. The third kappa shape index (κ3) is 3.97. The van der Waals surface area contributed by atoms with E-state index < -0.39 is 0 Å². The zero-order chi connectivity index (χ0) is 13.5. The second kappa shape index (κ2) is 7.15. The molecule has 2 heteroatoms. The van der Waals surface area contributed by atoms with Crippen molar-refractivity contribution in [2.75, 3.05) is 5.75 Å². The molecule has 0 N–H and O–H groups in total. The van der Waals surface area contributed by atoms with Crippen molar-refractivity contribution in [1.82, 2.24) is 0 Å². The summed E-state index contributed by atoms with van der Waals surface area (Å²) in [6, 6.07) is 20.5. The van der Waals surface area contributed by atoms with Crippen LogP contribution in [0, 0.1) is 0 Å². The predicted octanol–water partition coefficient (Wildman–Crippen LogP) is 4.49. The van der Waals surface area contributed by atoms with Gasteiger partial charge in [0.25, 0.3) is 0 Å². The Morgan fingerprint density at radius 3 is 1.84 bits per heavy atom. The Bertz CT molecular complexity index is 468. The topological polar surface area (TPSA) is 17.1 Å². The lowest BCUT2D eigenvalue weighted by atomic mass is 9.89. The van der Waals surface area contributed by atoms with Crippen molar-refractivity contribution >= 4 is 16.9 Å². The van der Waals surface area contributed by atoms with E-state index in [1.165, 1.54) is 22.9 Å². The number of hydrogen-bond acceptors (Lipinski definition) is 2. The maximum atomic E-state index is 12.0. The second-order valence-corrected chi connectivity index (χ2v) is 5.70. The van der Waals surface area contributed by atoms with Crippen LogP contribution in [0.2, 0.25) is 0 Å². The fourth-order valence-electron chi connectivity index (χ4n) is 2.19. The van der Waals surface area contributed by atoms with E-state index in [0.717, 1.165) is 5.75 Å². The molecule has 0 aliphatic rings. The molecular formula is C17H18OS. The molecule has 98 valence electrons. The van der Waals surface area contributed by atoms with Crippen molar-refractivity contribution in [3.63, 3.8) is 0 Å². The van der Waals surface area contributed by atoms with Crippen LogP contribution < -0.4 is 0 Å². The van der Waals surface area contributed by atoms with Gasteiger partial charge in [0.05, 0.1) is 0 Å². The molecule has 0 saturated carbocycles. The Balaban J connectivity index is 2.26. The number of rotatable bonds is 5. The number of benzene rings is 2. The average molecular weight is 270 g/mol. The zero-order valence-electron chi connectivity index (χ0n) is 11.1. The van der Waals surface area contributed by atoms with Crippen molar-refractivity contribution in [3.05, 3.63) is 71.8 Å². The molecule has 0 aliphatic carbocycles. The molecule has 0 radical (unpaired) electrons. The van der Waals surface area contributed by atoms with Gasteiger partial charge in [0.1, 0.15) is 0 Å². The second-order valence-electron chi connectivity index (χ2n) is 4.38. The van der Waals surface area contributed by atoms with Crippen molar-refractivity contribution in [3.8, 4) is 0 Å². The molecular weight excluding hydrogens is 252 g/mol. The van der Waals surface area contributed by atoms with Gasteiger partial charge in [0, 0.05) is 12.3 Å². The summed E-state index contributed by atoms with van der Waals surface area (Å²) in [6.45, 7) is 2.02. The van der Waals surface area contributed by atoms with Crippen LogP contribution in [0.3, 0.4) is 0 Å². The summed E-state index contributed by atoms with van der Waals surface area (Å²) in [5.41, 5.74) is 2.41. The van der Waals surface area contributed by atoms with Crippen LogP contribution in [-0.2, 0) is 4.79 Å². The van der Waals surface area contributed by atoms with Gasteiger partial charge in [-0.3, -0.25) is 4.79 Å². The van der Waals surface area contributed by atoms with Gasteiger partial charge < -0.3 is 0 Å². The van der Waals surface area contributed by atoms with E-state index in [2.05, 4.69) is 24.3 Å². The number of thioether (sulfide) groups is 1. The molecule has 0 unspecified atom stereocenters. The van der Waals surface area contributed by atoms with Crippen LogP contribution >= 0.6 is 11.8 Å². The highest BCUT2D eigenvalue weighted by molar-refractivity contribution is 8.13. The molecule has 0 amide bonds. The molecule has 2 rings (SSSR count). The van der Waals surface area contributed by atoms with Crippen molar-refractivity contribution in [2.45, 2.75) is 19.3 Å². The number of carbonyl (C=O) groups is 1. The van der Waals surface area contributed by atoms with Crippen molar-refractivity contribution in [2.24, 2.45) is 0 Å². The molecule has 0 saturated heterocycles. The normalized spacial score (nSPS) is 10.6. The first-order valence-electron chi connectivity index (χ1n) is 6.56. The quantitative estimate of drug-likeness (QED) is 0.796. The minimum absolute atomic E-state index is 0.161. The SMILES string of the molecule is CCSC(=O)CC(c1ccccc1)c1ccccc1. The molecule has 0 atom stereocenters. The fraction of sp³-hybridized carbons (Fsp3) is 0.235. The van der Waals surface area contributed by atoms with E-state index in [4.69, 9.17) is 0 Å². The Labute approximate surface area is 119 Å². The molecule has 0 spiro atoms. The van der Waals surface area contributed by atoms with E-state index in [1.807, 2.05) is 43.3 Å². The van der Waals surface area contributed by atoms with Gasteiger partial charge in [-0.1, -0.05) is 79.3 Å². The molecule has 2 aromatic rings. The Hall–Kier alpha value is -1.54. The van der Waals surface area contributed by atoms with Gasteiger partial charge in [-0.25, -0.2) is 0 Å². The monoisotopic (exact) mass is 270 g/mol. The van der Waals surface area contributed by atoms with Crippen molar-refractivity contribution in [1.29, 1.82) is 0 Å². The summed E-state index contributed by atoms with van der Waals surface area (Å²) in [6.07, 6.45) is 0.562. The average Bonchev–Trinajstić information content (AvgIpc) is 2.47. The molecule has 0 fully saturated rings. The first kappa shape index (κ1) is 13.9. The summed E-state index contributed by atoms with van der Waals surface area (Å²) in [7, 11) is 0. The predicted molar refractivity (Wildman–Crippen MR) is 82.5 cm³/mol. The van der Waals surface area contributed by atoms with Gasteiger partial charge >= 0.3 is 0 Å². The first-order valence-corrected chi connectivity index (χ1v) is 7.55. The smallest absolute Gasteiger partial charge is 0.189 e. The third-order valence-corrected chi connectivity index (χ3v) is 3.86. The van der Waals surface area contributed by atoms with E-state index in [0.29, 0.717) is 6.42 Å². The van der Waals surface area contributed by atoms with Crippen LogP contribution in [0.25, 0.3) is 0 Å². The van der Waals surface area contributed by atoms with Crippen LogP contribution in [0.15, 0.2) is 60.7 Å². The van der Waals surface area contributed by atoms with E-state index >= 15 is 0 Å². The minimum atomic E-state index is 0.161. The van der Waals surface area contributed by atoms with Crippen molar-refractivity contribution < 1.29 is 4.79 Å².